The third kappa shape index (κ3) is 3.53. The monoisotopic (exact) mass is 367 g/mol. The number of aromatic hydroxyl groups is 1. The minimum Gasteiger partial charge on any atom is -0.494 e. The van der Waals surface area contributed by atoms with Crippen LogP contribution in [0.3, 0.4) is 0 Å². The first-order valence-corrected chi connectivity index (χ1v) is 9.05. The van der Waals surface area contributed by atoms with Crippen LogP contribution in [-0.2, 0) is 4.74 Å². The number of halogens is 1. The van der Waals surface area contributed by atoms with Gasteiger partial charge in [0.1, 0.15) is 5.82 Å². The van der Waals surface area contributed by atoms with Gasteiger partial charge in [-0.25, -0.2) is 4.39 Å². The summed E-state index contributed by atoms with van der Waals surface area (Å²) in [5.74, 6) is -0.262. The van der Waals surface area contributed by atoms with Crippen molar-refractivity contribution in [3.8, 4) is 5.88 Å². The summed E-state index contributed by atoms with van der Waals surface area (Å²) < 4.78 is 20.4. The van der Waals surface area contributed by atoms with Gasteiger partial charge in [0.2, 0.25) is 0 Å². The topological polar surface area (TPSA) is 60.8 Å². The van der Waals surface area contributed by atoms with Crippen LogP contribution in [0.5, 0.6) is 5.88 Å². The molecular formula is C21H22FN3O2. The van der Waals surface area contributed by atoms with Crippen LogP contribution in [0.2, 0.25) is 0 Å². The van der Waals surface area contributed by atoms with Crippen molar-refractivity contribution < 1.29 is 14.2 Å². The highest BCUT2D eigenvalue weighted by molar-refractivity contribution is 6.02. The van der Waals surface area contributed by atoms with E-state index in [2.05, 4.69) is 9.98 Å². The van der Waals surface area contributed by atoms with E-state index in [1.165, 1.54) is 6.07 Å². The lowest BCUT2D eigenvalue weighted by Gasteiger charge is -2.37. The second-order valence-corrected chi connectivity index (χ2v) is 6.99. The zero-order valence-corrected chi connectivity index (χ0v) is 15.3. The summed E-state index contributed by atoms with van der Waals surface area (Å²) in [5.41, 5.74) is 2.47. The van der Waals surface area contributed by atoms with E-state index >= 15 is 0 Å². The Balaban J connectivity index is 1.59. The Morgan fingerprint density at radius 3 is 2.67 bits per heavy atom. The van der Waals surface area contributed by atoms with Crippen LogP contribution in [0.4, 0.5) is 15.8 Å². The molecule has 0 aliphatic carbocycles. The molecule has 6 heteroatoms. The Morgan fingerprint density at radius 2 is 1.93 bits per heavy atom. The molecular weight excluding hydrogens is 345 g/mol. The summed E-state index contributed by atoms with van der Waals surface area (Å²) in [5, 5.41) is 11.0. The van der Waals surface area contributed by atoms with Gasteiger partial charge in [0, 0.05) is 36.3 Å². The Hall–Kier alpha value is -2.86. The maximum atomic E-state index is 14.7. The molecule has 2 N–H and O–H groups in total. The number of para-hydroxylation sites is 1. The zero-order valence-electron chi connectivity index (χ0n) is 15.3. The normalized spacial score (nSPS) is 20.6. The molecule has 1 aromatic heterocycles. The van der Waals surface area contributed by atoms with Crippen molar-refractivity contribution in [2.24, 2.45) is 4.99 Å². The SMILES string of the molecule is CC1CN(c2ccc(N=Cc3c(O)[nH]c4ccccc34)cc2F)CC(C)O1. The Morgan fingerprint density at radius 1 is 1.19 bits per heavy atom. The number of hydrogen-bond donors (Lipinski definition) is 2. The number of ether oxygens (including phenoxy) is 1. The smallest absolute Gasteiger partial charge is 0.198 e. The van der Waals surface area contributed by atoms with E-state index in [1.54, 1.807) is 18.3 Å². The fraction of sp³-hybridized carbons (Fsp3) is 0.286. The van der Waals surface area contributed by atoms with E-state index < -0.39 is 0 Å². The standard InChI is InChI=1S/C21H22FN3O2/c1-13-11-25(12-14(2)27-13)20-8-7-15(9-18(20)22)23-10-17-16-5-3-4-6-19(16)24-21(17)26/h3-10,13-14,24,26H,11-12H2,1-2H3. The Bertz CT molecular complexity index is 988. The maximum Gasteiger partial charge on any atom is 0.198 e. The summed E-state index contributed by atoms with van der Waals surface area (Å²) in [7, 11) is 0. The molecule has 140 valence electrons. The number of H-pyrrole nitrogens is 1. The van der Waals surface area contributed by atoms with E-state index in [-0.39, 0.29) is 23.9 Å². The molecule has 4 rings (SSSR count). The highest BCUT2D eigenvalue weighted by Gasteiger charge is 2.24. The third-order valence-corrected chi connectivity index (χ3v) is 4.76. The van der Waals surface area contributed by atoms with Crippen LogP contribution in [-0.4, -0.2) is 41.6 Å². The zero-order chi connectivity index (χ0) is 19.0. The predicted molar refractivity (Wildman–Crippen MR) is 106 cm³/mol. The number of aromatic nitrogens is 1. The predicted octanol–water partition coefficient (Wildman–Crippen LogP) is 4.38. The molecule has 1 fully saturated rings. The van der Waals surface area contributed by atoms with Gasteiger partial charge >= 0.3 is 0 Å². The number of benzene rings is 2. The van der Waals surface area contributed by atoms with E-state index in [4.69, 9.17) is 4.74 Å². The molecule has 27 heavy (non-hydrogen) atoms. The van der Waals surface area contributed by atoms with Crippen molar-refractivity contribution in [2.75, 3.05) is 18.0 Å². The lowest BCUT2D eigenvalue weighted by Crippen LogP contribution is -2.45. The summed E-state index contributed by atoms with van der Waals surface area (Å²) in [4.78, 5) is 9.26. The molecule has 3 aromatic rings. The van der Waals surface area contributed by atoms with Crippen LogP contribution in [0.15, 0.2) is 47.5 Å². The second-order valence-electron chi connectivity index (χ2n) is 6.99. The number of morpholine rings is 1. The van der Waals surface area contributed by atoms with Crippen molar-refractivity contribution in [2.45, 2.75) is 26.1 Å². The Kier molecular flexibility index (Phi) is 4.58. The average Bonchev–Trinajstić information content (AvgIpc) is 2.94. The van der Waals surface area contributed by atoms with Crippen LogP contribution in [0.1, 0.15) is 19.4 Å². The Labute approximate surface area is 157 Å². The van der Waals surface area contributed by atoms with Gasteiger partial charge in [-0.15, -0.1) is 0 Å². The van der Waals surface area contributed by atoms with Crippen LogP contribution in [0, 0.1) is 5.82 Å². The van der Waals surface area contributed by atoms with Crippen LogP contribution >= 0.6 is 0 Å². The molecule has 2 heterocycles. The van der Waals surface area contributed by atoms with Crippen molar-refractivity contribution in [3.05, 3.63) is 53.8 Å². The van der Waals surface area contributed by atoms with Gasteiger partial charge in [0.15, 0.2) is 5.88 Å². The van der Waals surface area contributed by atoms with Crippen LogP contribution in [0.25, 0.3) is 10.9 Å². The average molecular weight is 367 g/mol. The molecule has 5 nitrogen and oxygen atoms in total. The quantitative estimate of drug-likeness (QED) is 0.676. The summed E-state index contributed by atoms with van der Waals surface area (Å²) in [6.07, 6.45) is 1.69. The first-order chi connectivity index (χ1) is 13.0. The number of anilines is 1. The molecule has 0 radical (unpaired) electrons. The van der Waals surface area contributed by atoms with Gasteiger partial charge in [-0.2, -0.15) is 0 Å². The van der Waals surface area contributed by atoms with Gasteiger partial charge in [0.05, 0.1) is 29.1 Å². The van der Waals surface area contributed by atoms with Crippen molar-refractivity contribution in [1.29, 1.82) is 0 Å². The summed E-state index contributed by atoms with van der Waals surface area (Å²) >= 11 is 0. The first kappa shape index (κ1) is 17.5. The number of fused-ring (bicyclic) bond motifs is 1. The molecule has 0 spiro atoms. The van der Waals surface area contributed by atoms with Crippen molar-refractivity contribution in [1.82, 2.24) is 4.98 Å². The van der Waals surface area contributed by atoms with E-state index in [0.29, 0.717) is 30.0 Å². The minimum atomic E-state index is -0.311. The fourth-order valence-corrected chi connectivity index (χ4v) is 3.63. The molecule has 2 aromatic carbocycles. The number of aromatic amines is 1. The fourth-order valence-electron chi connectivity index (χ4n) is 3.63. The molecule has 1 saturated heterocycles. The molecule has 2 unspecified atom stereocenters. The molecule has 0 bridgehead atoms. The minimum absolute atomic E-state index is 0.0494. The summed E-state index contributed by atoms with van der Waals surface area (Å²) in [6.45, 7) is 5.31. The van der Waals surface area contributed by atoms with E-state index in [0.717, 1.165) is 10.9 Å². The number of aliphatic imine (C=N–C) groups is 1. The lowest BCUT2D eigenvalue weighted by molar-refractivity contribution is -0.00539. The number of nitrogens with zero attached hydrogens (tertiary/aromatic N) is 2. The van der Waals surface area contributed by atoms with E-state index in [9.17, 15) is 9.50 Å². The van der Waals surface area contributed by atoms with E-state index in [1.807, 2.05) is 43.0 Å². The maximum absolute atomic E-state index is 14.7. The molecule has 0 saturated carbocycles. The van der Waals surface area contributed by atoms with Gasteiger partial charge in [-0.05, 0) is 32.0 Å². The highest BCUT2D eigenvalue weighted by atomic mass is 19.1. The second kappa shape index (κ2) is 7.04. The van der Waals surface area contributed by atoms with Crippen LogP contribution < -0.4 is 4.90 Å². The molecule has 0 amide bonds. The summed E-state index contributed by atoms with van der Waals surface area (Å²) in [6, 6.07) is 12.5. The largest absolute Gasteiger partial charge is 0.494 e. The molecule has 2 atom stereocenters. The number of nitrogens with one attached hydrogen (secondary N) is 1. The van der Waals surface area contributed by atoms with Crippen molar-refractivity contribution in [3.63, 3.8) is 0 Å². The van der Waals surface area contributed by atoms with Gasteiger partial charge in [-0.1, -0.05) is 18.2 Å². The number of rotatable bonds is 3. The molecule has 1 aliphatic heterocycles. The molecule has 1 aliphatic rings. The third-order valence-electron chi connectivity index (χ3n) is 4.76. The number of hydrogen-bond acceptors (Lipinski definition) is 4. The first-order valence-electron chi connectivity index (χ1n) is 9.05. The van der Waals surface area contributed by atoms with Crippen molar-refractivity contribution >= 4 is 28.5 Å². The van der Waals surface area contributed by atoms with Gasteiger partial charge < -0.3 is 19.7 Å². The highest BCUT2D eigenvalue weighted by Crippen LogP contribution is 2.29. The van der Waals surface area contributed by atoms with Gasteiger partial charge in [0.25, 0.3) is 0 Å². The van der Waals surface area contributed by atoms with Gasteiger partial charge in [-0.3, -0.25) is 4.99 Å². The lowest BCUT2D eigenvalue weighted by atomic mass is 10.1.